The number of aromatic nitrogens is 2. The molecule has 0 saturated carbocycles. The van der Waals surface area contributed by atoms with Gasteiger partial charge in [-0.3, -0.25) is 0 Å². The van der Waals surface area contributed by atoms with Gasteiger partial charge in [0.1, 0.15) is 18.2 Å². The quantitative estimate of drug-likeness (QED) is 0.407. The van der Waals surface area contributed by atoms with E-state index < -0.39 is 17.5 Å². The molecule has 0 bridgehead atoms. The molecule has 4 aromatic rings. The average Bonchev–Trinajstić information content (AvgIpc) is 2.84. The molecule has 0 unspecified atom stereocenters. The van der Waals surface area contributed by atoms with E-state index in [0.717, 1.165) is 22.3 Å². The summed E-state index contributed by atoms with van der Waals surface area (Å²) in [5.41, 5.74) is 3.18. The number of carboxylic acid groups (broad SMARTS) is 1. The molecular weight excluding hydrogens is 420 g/mol. The van der Waals surface area contributed by atoms with Gasteiger partial charge in [-0.25, -0.2) is 9.78 Å². The fraction of sp³-hybridized carbons (Fsp3) is 0.115. The van der Waals surface area contributed by atoms with E-state index in [1.165, 1.54) is 0 Å². The van der Waals surface area contributed by atoms with Crippen LogP contribution in [0.5, 0.6) is 17.4 Å². The van der Waals surface area contributed by atoms with Crippen molar-refractivity contribution in [2.24, 2.45) is 0 Å². The highest BCUT2D eigenvalue weighted by molar-refractivity contribution is 5.89. The number of rotatable bonds is 8. The first kappa shape index (κ1) is 21.8. The van der Waals surface area contributed by atoms with Gasteiger partial charge >= 0.3 is 5.97 Å². The molecular formula is C26H22N2O5. The molecule has 0 aliphatic rings. The highest BCUT2D eigenvalue weighted by Crippen LogP contribution is 2.32. The Balaban J connectivity index is 1.68. The predicted molar refractivity (Wildman–Crippen MR) is 123 cm³/mol. The van der Waals surface area contributed by atoms with Crippen molar-refractivity contribution in [3.8, 4) is 28.5 Å². The van der Waals surface area contributed by atoms with Gasteiger partial charge in [-0.2, -0.15) is 4.98 Å². The molecule has 0 atom stereocenters. The summed E-state index contributed by atoms with van der Waals surface area (Å²) in [6.45, 7) is 0.0748. The van der Waals surface area contributed by atoms with Gasteiger partial charge in [0.15, 0.2) is 5.69 Å². The molecule has 0 saturated heterocycles. The molecule has 0 fully saturated rings. The van der Waals surface area contributed by atoms with Crippen LogP contribution in [0.2, 0.25) is 0 Å². The molecule has 3 aromatic carbocycles. The van der Waals surface area contributed by atoms with Crippen LogP contribution < -0.4 is 9.47 Å². The standard InChI is InChI=1S/C26H22N2O5/c1-32-20-12-13-21(18-10-6-3-7-11-18)19(14-20)15-22-27-23(26(30)31)24(25(29)28-22)33-16-17-8-4-2-5-9-17/h2-14H,15-16H2,1H3,(H,30,31)(H,27,28,29). The zero-order valence-electron chi connectivity index (χ0n) is 17.9. The van der Waals surface area contributed by atoms with E-state index in [9.17, 15) is 15.0 Å². The summed E-state index contributed by atoms with van der Waals surface area (Å²) in [5, 5.41) is 20.2. The summed E-state index contributed by atoms with van der Waals surface area (Å²) >= 11 is 0. The molecule has 33 heavy (non-hydrogen) atoms. The molecule has 7 nitrogen and oxygen atoms in total. The fourth-order valence-corrected chi connectivity index (χ4v) is 3.48. The van der Waals surface area contributed by atoms with Gasteiger partial charge in [0.05, 0.1) is 7.11 Å². The molecule has 2 N–H and O–H groups in total. The lowest BCUT2D eigenvalue weighted by Gasteiger charge is -2.14. The number of hydrogen-bond donors (Lipinski definition) is 2. The van der Waals surface area contributed by atoms with Crippen LogP contribution in [0.1, 0.15) is 27.4 Å². The number of ether oxygens (including phenoxy) is 2. The molecule has 1 heterocycles. The summed E-state index contributed by atoms with van der Waals surface area (Å²) in [4.78, 5) is 20.2. The highest BCUT2D eigenvalue weighted by Gasteiger charge is 2.22. The largest absolute Gasteiger partial charge is 0.497 e. The molecule has 0 amide bonds. The van der Waals surface area contributed by atoms with Crippen LogP contribution in [-0.4, -0.2) is 33.3 Å². The summed E-state index contributed by atoms with van der Waals surface area (Å²) in [7, 11) is 1.57. The molecule has 7 heteroatoms. The Morgan fingerprint density at radius 1 is 0.939 bits per heavy atom. The first-order chi connectivity index (χ1) is 16.0. The van der Waals surface area contributed by atoms with E-state index in [1.54, 1.807) is 7.11 Å². The number of aromatic hydroxyl groups is 1. The Bertz CT molecular complexity index is 1260. The zero-order valence-corrected chi connectivity index (χ0v) is 17.9. The summed E-state index contributed by atoms with van der Waals surface area (Å²) in [6.07, 6.45) is 0.189. The molecule has 0 radical (unpaired) electrons. The van der Waals surface area contributed by atoms with Gasteiger partial charge < -0.3 is 19.7 Å². The SMILES string of the molecule is COc1ccc(-c2ccccc2)c(Cc2nc(O)c(OCc3ccccc3)c(C(=O)O)n2)c1. The van der Waals surface area contributed by atoms with E-state index >= 15 is 0 Å². The first-order valence-corrected chi connectivity index (χ1v) is 10.3. The Morgan fingerprint density at radius 2 is 1.64 bits per heavy atom. The van der Waals surface area contributed by atoms with Crippen LogP contribution in [0.25, 0.3) is 11.1 Å². The smallest absolute Gasteiger partial charge is 0.358 e. The van der Waals surface area contributed by atoms with Gasteiger partial charge in [-0.15, -0.1) is 0 Å². The third-order valence-corrected chi connectivity index (χ3v) is 5.07. The molecule has 0 aliphatic heterocycles. The second kappa shape index (κ2) is 9.82. The van der Waals surface area contributed by atoms with Crippen LogP contribution in [-0.2, 0) is 13.0 Å². The maximum atomic E-state index is 11.9. The van der Waals surface area contributed by atoms with E-state index in [2.05, 4.69) is 9.97 Å². The van der Waals surface area contributed by atoms with E-state index in [0.29, 0.717) is 5.75 Å². The van der Waals surface area contributed by atoms with Crippen LogP contribution in [0, 0.1) is 0 Å². The molecule has 0 aliphatic carbocycles. The van der Waals surface area contributed by atoms with E-state index in [4.69, 9.17) is 9.47 Å². The Labute approximate surface area is 190 Å². The summed E-state index contributed by atoms with van der Waals surface area (Å²) in [5.74, 6) is -1.29. The maximum absolute atomic E-state index is 11.9. The van der Waals surface area contributed by atoms with Crippen LogP contribution in [0.3, 0.4) is 0 Å². The minimum absolute atomic E-state index is 0.0748. The van der Waals surface area contributed by atoms with Crippen molar-refractivity contribution in [2.75, 3.05) is 7.11 Å². The normalized spacial score (nSPS) is 10.6. The lowest BCUT2D eigenvalue weighted by Crippen LogP contribution is -2.11. The van der Waals surface area contributed by atoms with E-state index in [-0.39, 0.29) is 24.6 Å². The lowest BCUT2D eigenvalue weighted by atomic mass is 9.97. The predicted octanol–water partition coefficient (Wildman–Crippen LogP) is 4.73. The lowest BCUT2D eigenvalue weighted by molar-refractivity contribution is 0.0682. The third kappa shape index (κ3) is 5.10. The topological polar surface area (TPSA) is 102 Å². The molecule has 166 valence electrons. The summed E-state index contributed by atoms with van der Waals surface area (Å²) in [6, 6.07) is 24.6. The number of aromatic carboxylic acids is 1. The third-order valence-electron chi connectivity index (χ3n) is 5.07. The van der Waals surface area contributed by atoms with Gasteiger partial charge in [0.2, 0.25) is 5.75 Å². The zero-order chi connectivity index (χ0) is 23.2. The van der Waals surface area contributed by atoms with E-state index in [1.807, 2.05) is 78.9 Å². The minimum Gasteiger partial charge on any atom is -0.497 e. The number of methoxy groups -OCH3 is 1. The summed E-state index contributed by atoms with van der Waals surface area (Å²) < 4.78 is 10.9. The number of benzene rings is 3. The maximum Gasteiger partial charge on any atom is 0.358 e. The van der Waals surface area contributed by atoms with Crippen molar-refractivity contribution in [2.45, 2.75) is 13.0 Å². The minimum atomic E-state index is -1.31. The van der Waals surface area contributed by atoms with Gasteiger partial charge in [0.25, 0.3) is 5.88 Å². The Kier molecular flexibility index (Phi) is 6.50. The van der Waals surface area contributed by atoms with Crippen molar-refractivity contribution in [1.29, 1.82) is 0 Å². The average molecular weight is 442 g/mol. The Morgan fingerprint density at radius 3 is 2.30 bits per heavy atom. The van der Waals surface area contributed by atoms with Crippen molar-refractivity contribution in [1.82, 2.24) is 9.97 Å². The Hall–Kier alpha value is -4.39. The highest BCUT2D eigenvalue weighted by atomic mass is 16.5. The van der Waals surface area contributed by atoms with Gasteiger partial charge in [-0.1, -0.05) is 66.7 Å². The number of hydrogen-bond acceptors (Lipinski definition) is 6. The molecule has 4 rings (SSSR count). The second-order valence-electron chi connectivity index (χ2n) is 7.29. The van der Waals surface area contributed by atoms with Crippen molar-refractivity contribution in [3.63, 3.8) is 0 Å². The van der Waals surface area contributed by atoms with Crippen LogP contribution in [0.4, 0.5) is 0 Å². The molecule has 0 spiro atoms. The van der Waals surface area contributed by atoms with Crippen molar-refractivity contribution >= 4 is 5.97 Å². The number of carbonyl (C=O) groups is 1. The van der Waals surface area contributed by atoms with Crippen molar-refractivity contribution in [3.05, 3.63) is 102 Å². The number of carboxylic acids is 1. The fourth-order valence-electron chi connectivity index (χ4n) is 3.48. The number of nitrogens with zero attached hydrogens (tertiary/aromatic N) is 2. The van der Waals surface area contributed by atoms with Gasteiger partial charge in [0, 0.05) is 6.42 Å². The van der Waals surface area contributed by atoms with Crippen LogP contribution >= 0.6 is 0 Å². The van der Waals surface area contributed by atoms with Crippen LogP contribution in [0.15, 0.2) is 78.9 Å². The van der Waals surface area contributed by atoms with Gasteiger partial charge in [-0.05, 0) is 34.4 Å². The second-order valence-corrected chi connectivity index (χ2v) is 7.29. The van der Waals surface area contributed by atoms with Crippen molar-refractivity contribution < 1.29 is 24.5 Å². The first-order valence-electron chi connectivity index (χ1n) is 10.3. The molecule has 1 aromatic heterocycles. The monoisotopic (exact) mass is 442 g/mol.